The van der Waals surface area contributed by atoms with E-state index in [9.17, 15) is 22.0 Å². The maximum Gasteiger partial charge on any atom is 0.409 e. The van der Waals surface area contributed by atoms with Gasteiger partial charge in [0.2, 0.25) is 0 Å². The average Bonchev–Trinajstić information content (AvgIpc) is 2.82. The molecule has 1 aliphatic rings. The maximum absolute atomic E-state index is 14.1. The Labute approximate surface area is 206 Å². The first-order valence-corrected chi connectivity index (χ1v) is 12.8. The van der Waals surface area contributed by atoms with Crippen LogP contribution in [0.15, 0.2) is 42.5 Å². The third-order valence-corrected chi connectivity index (χ3v) is 6.98. The molecule has 0 atom stereocenters. The summed E-state index contributed by atoms with van der Waals surface area (Å²) in [5.41, 5.74) is 1.79. The highest BCUT2D eigenvalue weighted by atomic mass is 19.4. The molecule has 0 heterocycles. The van der Waals surface area contributed by atoms with Crippen molar-refractivity contribution >= 4 is 18.2 Å². The number of unbranched alkanes of at least 4 members (excludes halogenated alkanes) is 4. The van der Waals surface area contributed by atoms with Crippen molar-refractivity contribution in [3.8, 4) is 0 Å². The van der Waals surface area contributed by atoms with Gasteiger partial charge in [-0.05, 0) is 72.4 Å². The molecule has 2 aromatic carbocycles. The summed E-state index contributed by atoms with van der Waals surface area (Å²) in [4.78, 5) is 0. The SMILES string of the molecule is CCCCCCCC1CCC(c2ccc(/C=C/c3cc(F)c(/C=C/C(F)(F)F)c(F)c3)cc2)CC1. The Morgan fingerprint density at radius 1 is 0.771 bits per heavy atom. The minimum Gasteiger partial charge on any atom is -0.206 e. The monoisotopic (exact) mass is 490 g/mol. The van der Waals surface area contributed by atoms with Gasteiger partial charge >= 0.3 is 6.18 Å². The molecule has 1 fully saturated rings. The summed E-state index contributed by atoms with van der Waals surface area (Å²) in [6.07, 6.45) is 12.0. The van der Waals surface area contributed by atoms with E-state index < -0.39 is 23.4 Å². The van der Waals surface area contributed by atoms with Crippen LogP contribution in [0.2, 0.25) is 0 Å². The quantitative estimate of drug-likeness (QED) is 0.176. The van der Waals surface area contributed by atoms with E-state index in [0.29, 0.717) is 12.0 Å². The summed E-state index contributed by atoms with van der Waals surface area (Å²) in [5, 5.41) is 0. The van der Waals surface area contributed by atoms with E-state index in [0.717, 1.165) is 23.6 Å². The highest BCUT2D eigenvalue weighted by Gasteiger charge is 2.23. The molecule has 0 aromatic heterocycles. The molecular weight excluding hydrogens is 455 g/mol. The average molecular weight is 491 g/mol. The molecule has 0 spiro atoms. The van der Waals surface area contributed by atoms with Gasteiger partial charge in [-0.3, -0.25) is 0 Å². The van der Waals surface area contributed by atoms with Crippen LogP contribution < -0.4 is 0 Å². The molecule has 2 aromatic rings. The lowest BCUT2D eigenvalue weighted by Crippen LogP contribution is -2.13. The van der Waals surface area contributed by atoms with Crippen LogP contribution in [0.1, 0.15) is 99.3 Å². The van der Waals surface area contributed by atoms with Gasteiger partial charge in [-0.25, -0.2) is 8.78 Å². The molecule has 0 saturated heterocycles. The summed E-state index contributed by atoms with van der Waals surface area (Å²) >= 11 is 0. The molecule has 0 bridgehead atoms. The maximum atomic E-state index is 14.1. The largest absolute Gasteiger partial charge is 0.409 e. The Kier molecular flexibility index (Phi) is 10.1. The molecule has 0 unspecified atom stereocenters. The molecular formula is C30H35F5. The molecule has 0 aliphatic heterocycles. The summed E-state index contributed by atoms with van der Waals surface area (Å²) < 4.78 is 65.1. The minimum atomic E-state index is -4.63. The van der Waals surface area contributed by atoms with Gasteiger partial charge < -0.3 is 0 Å². The number of hydrogen-bond donors (Lipinski definition) is 0. The van der Waals surface area contributed by atoms with Crippen molar-refractivity contribution in [2.24, 2.45) is 5.92 Å². The van der Waals surface area contributed by atoms with E-state index >= 15 is 0 Å². The minimum absolute atomic E-state index is 0.174. The molecule has 0 nitrogen and oxygen atoms in total. The fourth-order valence-corrected chi connectivity index (χ4v) is 4.93. The summed E-state index contributed by atoms with van der Waals surface area (Å²) in [5.74, 6) is -0.606. The van der Waals surface area contributed by atoms with E-state index in [1.807, 2.05) is 12.1 Å². The van der Waals surface area contributed by atoms with Crippen molar-refractivity contribution in [2.75, 3.05) is 0 Å². The standard InChI is InChI=1S/C30H35F5/c1-2-3-4-5-6-7-22-10-14-25(15-11-22)26-16-12-23(13-17-26)8-9-24-20-28(31)27(29(32)21-24)18-19-30(33,34)35/h8-9,12-13,16-22,25H,2-7,10-11,14-15H2,1H3/b9-8+,19-18+. The normalized spacial score (nSPS) is 19.1. The zero-order chi connectivity index (χ0) is 25.3. The van der Waals surface area contributed by atoms with Crippen molar-refractivity contribution in [1.29, 1.82) is 0 Å². The van der Waals surface area contributed by atoms with Crippen LogP contribution in [0.25, 0.3) is 18.2 Å². The van der Waals surface area contributed by atoms with Gasteiger partial charge in [-0.2, -0.15) is 13.2 Å². The molecule has 5 heteroatoms. The Morgan fingerprint density at radius 3 is 1.97 bits per heavy atom. The van der Waals surface area contributed by atoms with Gasteiger partial charge in [0, 0.05) is 11.6 Å². The van der Waals surface area contributed by atoms with Gasteiger partial charge in [0.15, 0.2) is 0 Å². The van der Waals surface area contributed by atoms with Gasteiger partial charge in [0.25, 0.3) is 0 Å². The third-order valence-electron chi connectivity index (χ3n) is 6.98. The number of benzene rings is 2. The van der Waals surface area contributed by atoms with E-state index in [4.69, 9.17) is 0 Å². The molecule has 1 saturated carbocycles. The zero-order valence-electron chi connectivity index (χ0n) is 20.4. The van der Waals surface area contributed by atoms with Crippen LogP contribution in [0.5, 0.6) is 0 Å². The highest BCUT2D eigenvalue weighted by Crippen LogP contribution is 2.38. The lowest BCUT2D eigenvalue weighted by molar-refractivity contribution is -0.0790. The number of hydrogen-bond acceptors (Lipinski definition) is 0. The topological polar surface area (TPSA) is 0 Å². The zero-order valence-corrected chi connectivity index (χ0v) is 20.4. The second kappa shape index (κ2) is 13.0. The molecule has 0 radical (unpaired) electrons. The van der Waals surface area contributed by atoms with E-state index in [2.05, 4.69) is 19.1 Å². The fourth-order valence-electron chi connectivity index (χ4n) is 4.93. The van der Waals surface area contributed by atoms with Crippen LogP contribution in [0.4, 0.5) is 22.0 Å². The molecule has 190 valence electrons. The second-order valence-corrected chi connectivity index (χ2v) is 9.69. The van der Waals surface area contributed by atoms with Crippen molar-refractivity contribution in [1.82, 2.24) is 0 Å². The van der Waals surface area contributed by atoms with Crippen molar-refractivity contribution in [2.45, 2.75) is 83.2 Å². The first-order valence-electron chi connectivity index (χ1n) is 12.8. The van der Waals surface area contributed by atoms with E-state index in [1.54, 1.807) is 12.2 Å². The Hall–Kier alpha value is -2.43. The van der Waals surface area contributed by atoms with Crippen LogP contribution in [-0.4, -0.2) is 6.18 Å². The van der Waals surface area contributed by atoms with Gasteiger partial charge in [0.05, 0.1) is 0 Å². The predicted octanol–water partition coefficient (Wildman–Crippen LogP) is 10.3. The number of allylic oxidation sites excluding steroid dienone is 1. The number of rotatable bonds is 10. The molecule has 3 rings (SSSR count). The summed E-state index contributed by atoms with van der Waals surface area (Å²) in [6, 6.07) is 10.3. The molecule has 35 heavy (non-hydrogen) atoms. The molecule has 0 amide bonds. The Morgan fingerprint density at radius 2 is 1.37 bits per heavy atom. The molecule has 0 N–H and O–H groups in total. The summed E-state index contributed by atoms with van der Waals surface area (Å²) in [6.45, 7) is 2.25. The third kappa shape index (κ3) is 8.94. The van der Waals surface area contributed by atoms with Crippen LogP contribution in [-0.2, 0) is 0 Å². The van der Waals surface area contributed by atoms with Crippen molar-refractivity contribution in [3.63, 3.8) is 0 Å². The second-order valence-electron chi connectivity index (χ2n) is 9.69. The lowest BCUT2D eigenvalue weighted by Gasteiger charge is -2.29. The van der Waals surface area contributed by atoms with Gasteiger partial charge in [-0.1, -0.05) is 81.9 Å². The van der Waals surface area contributed by atoms with Gasteiger partial charge in [0.1, 0.15) is 11.6 Å². The number of halogens is 5. The van der Waals surface area contributed by atoms with Crippen molar-refractivity contribution < 1.29 is 22.0 Å². The fraction of sp³-hybridized carbons (Fsp3) is 0.467. The molecule has 1 aliphatic carbocycles. The number of alkyl halides is 3. The Balaban J connectivity index is 1.53. The first kappa shape index (κ1) is 27.2. The predicted molar refractivity (Wildman–Crippen MR) is 135 cm³/mol. The van der Waals surface area contributed by atoms with Crippen LogP contribution in [0, 0.1) is 17.6 Å². The van der Waals surface area contributed by atoms with Crippen LogP contribution >= 0.6 is 0 Å². The first-order chi connectivity index (χ1) is 16.7. The van der Waals surface area contributed by atoms with Crippen LogP contribution in [0.3, 0.4) is 0 Å². The lowest BCUT2D eigenvalue weighted by atomic mass is 9.77. The van der Waals surface area contributed by atoms with Crippen molar-refractivity contribution in [3.05, 3.63) is 76.4 Å². The smallest absolute Gasteiger partial charge is 0.206 e. The van der Waals surface area contributed by atoms with Gasteiger partial charge in [-0.15, -0.1) is 0 Å². The summed E-state index contributed by atoms with van der Waals surface area (Å²) in [7, 11) is 0. The highest BCUT2D eigenvalue weighted by molar-refractivity contribution is 5.70. The van der Waals surface area contributed by atoms with E-state index in [-0.39, 0.29) is 11.6 Å². The van der Waals surface area contributed by atoms with E-state index in [1.165, 1.54) is 69.8 Å². The Bertz CT molecular complexity index is 954.